The number of amidine groups is 1. The molecule has 1 atom stereocenters. The van der Waals surface area contributed by atoms with Crippen LogP contribution in [0.4, 0.5) is 32.0 Å². The molecule has 0 bridgehead atoms. The summed E-state index contributed by atoms with van der Waals surface area (Å²) in [6.07, 6.45) is -9.31. The van der Waals surface area contributed by atoms with E-state index < -0.39 is 41.4 Å². The van der Waals surface area contributed by atoms with Crippen molar-refractivity contribution >= 4 is 50.9 Å². The number of amides is 1. The Balaban J connectivity index is 2.33. The van der Waals surface area contributed by atoms with Gasteiger partial charge in [-0.05, 0) is 18.2 Å². The van der Waals surface area contributed by atoms with Crippen molar-refractivity contribution in [2.75, 3.05) is 18.1 Å². The molecule has 0 spiro atoms. The monoisotopic (exact) mass is 438 g/mol. The van der Waals surface area contributed by atoms with Crippen LogP contribution in [0.2, 0.25) is 5.02 Å². The Morgan fingerprint density at radius 3 is 2.42 bits per heavy atom. The molecule has 1 fully saturated rings. The molecule has 0 saturated carbocycles. The number of halogens is 7. The van der Waals surface area contributed by atoms with Gasteiger partial charge in [0.25, 0.3) is 0 Å². The molecule has 0 N–H and O–H groups in total. The van der Waals surface area contributed by atoms with Crippen LogP contribution in [0.5, 0.6) is 0 Å². The van der Waals surface area contributed by atoms with Gasteiger partial charge >= 0.3 is 12.4 Å². The molecular formula is C13H9ClF6N2O2S2. The molecule has 0 radical (unpaired) electrons. The summed E-state index contributed by atoms with van der Waals surface area (Å²) in [5.41, 5.74) is -0.177. The lowest BCUT2D eigenvalue weighted by molar-refractivity contribution is -0.150. The van der Waals surface area contributed by atoms with Gasteiger partial charge in [-0.1, -0.05) is 23.4 Å². The Labute approximate surface area is 155 Å². The van der Waals surface area contributed by atoms with Gasteiger partial charge in [0.1, 0.15) is 12.3 Å². The van der Waals surface area contributed by atoms with Crippen molar-refractivity contribution in [2.45, 2.75) is 17.2 Å². The van der Waals surface area contributed by atoms with Crippen molar-refractivity contribution in [1.29, 1.82) is 0 Å². The minimum atomic E-state index is -4.66. The Kier molecular flexibility index (Phi) is 6.28. The largest absolute Gasteiger partial charge is 0.406 e. The summed E-state index contributed by atoms with van der Waals surface area (Å²) in [6, 6.07) is 3.24. The van der Waals surface area contributed by atoms with Gasteiger partial charge in [-0.25, -0.2) is 4.99 Å². The zero-order valence-corrected chi connectivity index (χ0v) is 14.9. The molecule has 2 rings (SSSR count). The third-order valence-corrected chi connectivity index (χ3v) is 5.54. The van der Waals surface area contributed by atoms with Crippen LogP contribution in [0.1, 0.15) is 0 Å². The summed E-state index contributed by atoms with van der Waals surface area (Å²) in [5.74, 6) is -2.65. The number of hydrogen-bond donors (Lipinski definition) is 0. The van der Waals surface area contributed by atoms with E-state index in [9.17, 15) is 35.3 Å². The molecule has 0 aliphatic carbocycles. The molecule has 0 aromatic heterocycles. The van der Waals surface area contributed by atoms with Gasteiger partial charge in [0.2, 0.25) is 5.91 Å². The number of thioether (sulfide) groups is 1. The fourth-order valence-corrected chi connectivity index (χ4v) is 3.85. The van der Waals surface area contributed by atoms with Gasteiger partial charge in [0.05, 0.1) is 27.3 Å². The van der Waals surface area contributed by atoms with E-state index in [0.29, 0.717) is 4.90 Å². The molecule has 1 aromatic rings. The molecule has 1 aliphatic rings. The van der Waals surface area contributed by atoms with E-state index in [1.54, 1.807) is 0 Å². The first-order valence-corrected chi connectivity index (χ1v) is 9.37. The Hall–Kier alpha value is -1.27. The number of rotatable bonds is 4. The van der Waals surface area contributed by atoms with Crippen LogP contribution in [-0.4, -0.2) is 50.6 Å². The zero-order valence-electron chi connectivity index (χ0n) is 12.5. The highest BCUT2D eigenvalue weighted by atomic mass is 35.5. The quantitative estimate of drug-likeness (QED) is 0.664. The topological polar surface area (TPSA) is 49.7 Å². The second kappa shape index (κ2) is 7.77. The summed E-state index contributed by atoms with van der Waals surface area (Å²) in [5, 5.41) is -0.356. The maximum Gasteiger partial charge on any atom is 0.406 e. The Bertz CT molecular complexity index is 766. The van der Waals surface area contributed by atoms with Gasteiger partial charge in [0, 0.05) is 4.90 Å². The number of carbonyl (C=O) groups is 1. The van der Waals surface area contributed by atoms with Crippen molar-refractivity contribution in [3.05, 3.63) is 23.2 Å². The molecule has 1 heterocycles. The van der Waals surface area contributed by atoms with E-state index in [4.69, 9.17) is 11.6 Å². The van der Waals surface area contributed by atoms with E-state index in [-0.39, 0.29) is 26.5 Å². The molecule has 4 nitrogen and oxygen atoms in total. The smallest absolute Gasteiger partial charge is 0.281 e. The van der Waals surface area contributed by atoms with Crippen LogP contribution in [0, 0.1) is 0 Å². The second-order valence-electron chi connectivity index (χ2n) is 5.00. The number of aliphatic imine (C=N–C) groups is 1. The summed E-state index contributed by atoms with van der Waals surface area (Å²) < 4.78 is 86.5. The number of carbonyl (C=O) groups excluding carboxylic acids is 1. The number of hydrogen-bond acceptors (Lipinski definition) is 4. The van der Waals surface area contributed by atoms with Crippen LogP contribution in [-0.2, 0) is 15.6 Å². The van der Waals surface area contributed by atoms with Crippen molar-refractivity contribution in [3.8, 4) is 0 Å². The molecule has 13 heteroatoms. The van der Waals surface area contributed by atoms with E-state index in [1.165, 1.54) is 0 Å². The predicted octanol–water partition coefficient (Wildman–Crippen LogP) is 4.14. The fraction of sp³-hybridized carbons (Fsp3) is 0.385. The first-order chi connectivity index (χ1) is 11.9. The van der Waals surface area contributed by atoms with E-state index >= 15 is 0 Å². The van der Waals surface area contributed by atoms with Crippen molar-refractivity contribution in [3.63, 3.8) is 0 Å². The van der Waals surface area contributed by atoms with Crippen LogP contribution in [0.25, 0.3) is 0 Å². The van der Waals surface area contributed by atoms with E-state index in [0.717, 1.165) is 30.0 Å². The summed E-state index contributed by atoms with van der Waals surface area (Å²) in [6.45, 7) is -1.55. The maximum atomic E-state index is 12.6. The van der Waals surface area contributed by atoms with Crippen molar-refractivity contribution in [2.24, 2.45) is 4.99 Å². The van der Waals surface area contributed by atoms with Crippen LogP contribution >= 0.6 is 23.4 Å². The molecule has 26 heavy (non-hydrogen) atoms. The molecular weight excluding hydrogens is 430 g/mol. The Morgan fingerprint density at radius 1 is 1.19 bits per heavy atom. The van der Waals surface area contributed by atoms with Crippen LogP contribution in [0.15, 0.2) is 28.1 Å². The standard InChI is InChI=1S/C13H9ClF6N2O2S2/c14-8-2-1-7(26(24)6-13(18,19)20)3-9(8)21-11-22(5-12(15,16)17)10(23)4-25-11/h1-3H,4-6H2. The normalized spacial score (nSPS) is 18.7. The zero-order chi connectivity index (χ0) is 19.7. The third kappa shape index (κ3) is 5.88. The summed E-state index contributed by atoms with van der Waals surface area (Å²) in [4.78, 5) is 15.6. The first kappa shape index (κ1) is 21.0. The second-order valence-corrected chi connectivity index (χ2v) is 7.80. The molecule has 144 valence electrons. The minimum Gasteiger partial charge on any atom is -0.281 e. The predicted molar refractivity (Wildman–Crippen MR) is 86.1 cm³/mol. The lowest BCUT2D eigenvalue weighted by Gasteiger charge is -2.18. The number of nitrogens with zero attached hydrogens (tertiary/aromatic N) is 2. The average molecular weight is 439 g/mol. The lowest BCUT2D eigenvalue weighted by atomic mass is 10.3. The van der Waals surface area contributed by atoms with Gasteiger partial charge in [-0.3, -0.25) is 13.9 Å². The van der Waals surface area contributed by atoms with Gasteiger partial charge in [0.15, 0.2) is 5.17 Å². The maximum absolute atomic E-state index is 12.6. The number of alkyl halides is 6. The molecule has 1 unspecified atom stereocenters. The molecule has 1 saturated heterocycles. The van der Waals surface area contributed by atoms with Gasteiger partial charge in [-0.2, -0.15) is 26.3 Å². The lowest BCUT2D eigenvalue weighted by Crippen LogP contribution is -2.38. The summed E-state index contributed by atoms with van der Waals surface area (Å²) >= 11 is 6.61. The molecule has 1 aliphatic heterocycles. The average Bonchev–Trinajstić information content (AvgIpc) is 2.79. The SMILES string of the molecule is O=C1CSC(=Nc2cc(S(=O)CC(F)(F)F)ccc2Cl)N1CC(F)(F)F. The van der Waals surface area contributed by atoms with Gasteiger partial charge < -0.3 is 0 Å². The van der Waals surface area contributed by atoms with E-state index in [1.807, 2.05) is 0 Å². The molecule has 1 amide bonds. The Morgan fingerprint density at radius 2 is 1.85 bits per heavy atom. The fourth-order valence-electron chi connectivity index (χ4n) is 1.87. The molecule has 1 aromatic carbocycles. The van der Waals surface area contributed by atoms with Crippen LogP contribution in [0.3, 0.4) is 0 Å². The number of benzene rings is 1. The highest BCUT2D eigenvalue weighted by molar-refractivity contribution is 8.15. The third-order valence-electron chi connectivity index (χ3n) is 2.89. The van der Waals surface area contributed by atoms with Gasteiger partial charge in [-0.15, -0.1) is 0 Å². The highest BCUT2D eigenvalue weighted by Crippen LogP contribution is 2.33. The minimum absolute atomic E-state index is 0.0721. The highest BCUT2D eigenvalue weighted by Gasteiger charge is 2.39. The van der Waals surface area contributed by atoms with Crippen LogP contribution < -0.4 is 0 Å². The first-order valence-electron chi connectivity index (χ1n) is 6.69. The van der Waals surface area contributed by atoms with Crippen molar-refractivity contribution in [1.82, 2.24) is 4.90 Å². The summed E-state index contributed by atoms with van der Waals surface area (Å²) in [7, 11) is -2.43. The van der Waals surface area contributed by atoms with E-state index in [2.05, 4.69) is 4.99 Å². The van der Waals surface area contributed by atoms with Crippen molar-refractivity contribution < 1.29 is 35.3 Å².